The van der Waals surface area contributed by atoms with Crippen molar-refractivity contribution in [3.63, 3.8) is 0 Å². The van der Waals surface area contributed by atoms with E-state index in [1.807, 2.05) is 0 Å². The van der Waals surface area contributed by atoms with Crippen molar-refractivity contribution in [3.05, 3.63) is 17.5 Å². The fourth-order valence-corrected chi connectivity index (χ4v) is 1.12. The molecule has 82 valence electrons. The van der Waals surface area contributed by atoms with E-state index in [9.17, 15) is 9.59 Å². The summed E-state index contributed by atoms with van der Waals surface area (Å²) in [6.07, 6.45) is 0. The van der Waals surface area contributed by atoms with E-state index in [2.05, 4.69) is 5.10 Å². The highest BCUT2D eigenvalue weighted by atomic mass is 16.5. The zero-order valence-corrected chi connectivity index (χ0v) is 8.69. The summed E-state index contributed by atoms with van der Waals surface area (Å²) in [6.45, 7) is 3.70. The first-order chi connectivity index (χ1) is 7.04. The summed E-state index contributed by atoms with van der Waals surface area (Å²) < 4.78 is 6.14. The zero-order valence-electron chi connectivity index (χ0n) is 8.69. The topological polar surface area (TPSA) is 87.2 Å². The minimum Gasteiger partial charge on any atom is -0.461 e. The van der Waals surface area contributed by atoms with Gasteiger partial charge in [-0.05, 0) is 19.9 Å². The summed E-state index contributed by atoms with van der Waals surface area (Å²) in [5.41, 5.74) is 5.90. The predicted octanol–water partition coefficient (Wildman–Crippen LogP) is -0.146. The van der Waals surface area contributed by atoms with Crippen LogP contribution in [0.5, 0.6) is 0 Å². The van der Waals surface area contributed by atoms with Gasteiger partial charge in [-0.1, -0.05) is 0 Å². The highest BCUT2D eigenvalue weighted by Crippen LogP contribution is 2.04. The first-order valence-corrected chi connectivity index (χ1v) is 4.54. The molecule has 1 amide bonds. The standard InChI is InChI=1S/C9H13N3O3/c1-3-15-9(14)7-4-6(2)12(11-7)5-8(10)13/h4H,3,5H2,1-2H3,(H2,10,13). The molecular weight excluding hydrogens is 198 g/mol. The van der Waals surface area contributed by atoms with Crippen LogP contribution in [0, 0.1) is 6.92 Å². The Kier molecular flexibility index (Phi) is 3.43. The average Bonchev–Trinajstić information content (AvgIpc) is 2.47. The number of amides is 1. The number of rotatable bonds is 4. The van der Waals surface area contributed by atoms with E-state index < -0.39 is 11.9 Å². The van der Waals surface area contributed by atoms with Crippen LogP contribution in [0.2, 0.25) is 0 Å². The Hall–Kier alpha value is -1.85. The van der Waals surface area contributed by atoms with Gasteiger partial charge in [-0.15, -0.1) is 0 Å². The summed E-state index contributed by atoms with van der Waals surface area (Å²) in [6, 6.07) is 1.56. The Bertz CT molecular complexity index is 384. The van der Waals surface area contributed by atoms with Crippen molar-refractivity contribution in [3.8, 4) is 0 Å². The summed E-state index contributed by atoms with van der Waals surface area (Å²) in [7, 11) is 0. The van der Waals surface area contributed by atoms with Crippen molar-refractivity contribution in [2.24, 2.45) is 5.73 Å². The van der Waals surface area contributed by atoms with E-state index in [0.29, 0.717) is 12.3 Å². The second-order valence-corrected chi connectivity index (χ2v) is 3.02. The van der Waals surface area contributed by atoms with Crippen molar-refractivity contribution in [2.75, 3.05) is 6.61 Å². The van der Waals surface area contributed by atoms with Gasteiger partial charge in [0.25, 0.3) is 0 Å². The molecule has 0 aliphatic carbocycles. The van der Waals surface area contributed by atoms with Crippen molar-refractivity contribution in [2.45, 2.75) is 20.4 Å². The number of carbonyl (C=O) groups is 2. The first kappa shape index (κ1) is 11.2. The minimum absolute atomic E-state index is 0.0365. The van der Waals surface area contributed by atoms with Crippen LogP contribution in [0.1, 0.15) is 23.1 Å². The summed E-state index contributed by atoms with van der Waals surface area (Å²) in [5.74, 6) is -1.000. The highest BCUT2D eigenvalue weighted by molar-refractivity contribution is 5.87. The third kappa shape index (κ3) is 2.80. The molecule has 0 saturated carbocycles. The molecule has 2 N–H and O–H groups in total. The molecule has 6 heteroatoms. The van der Waals surface area contributed by atoms with E-state index in [-0.39, 0.29) is 12.2 Å². The molecule has 1 aromatic heterocycles. The second-order valence-electron chi connectivity index (χ2n) is 3.02. The number of ether oxygens (including phenoxy) is 1. The Balaban J connectivity index is 2.85. The molecule has 1 rings (SSSR count). The fourth-order valence-electron chi connectivity index (χ4n) is 1.12. The first-order valence-electron chi connectivity index (χ1n) is 4.54. The van der Waals surface area contributed by atoms with Gasteiger partial charge in [0, 0.05) is 5.69 Å². The molecule has 0 spiro atoms. The van der Waals surface area contributed by atoms with Crippen molar-refractivity contribution in [1.29, 1.82) is 0 Å². The maximum absolute atomic E-state index is 11.3. The average molecular weight is 211 g/mol. The van der Waals surface area contributed by atoms with Crippen LogP contribution < -0.4 is 5.73 Å². The van der Waals surface area contributed by atoms with Crippen LogP contribution in [0.25, 0.3) is 0 Å². The van der Waals surface area contributed by atoms with Gasteiger partial charge < -0.3 is 10.5 Å². The van der Waals surface area contributed by atoms with Gasteiger partial charge in [0.15, 0.2) is 5.69 Å². The number of primary amides is 1. The number of hydrogen-bond donors (Lipinski definition) is 1. The molecule has 0 fully saturated rings. The summed E-state index contributed by atoms with van der Waals surface area (Å²) in [5, 5.41) is 3.91. The lowest BCUT2D eigenvalue weighted by molar-refractivity contribution is -0.118. The van der Waals surface area contributed by atoms with Gasteiger partial charge in [-0.25, -0.2) is 4.79 Å². The number of carbonyl (C=O) groups excluding carboxylic acids is 2. The molecule has 0 atom stereocenters. The normalized spacial score (nSPS) is 10.0. The quantitative estimate of drug-likeness (QED) is 0.702. The van der Waals surface area contributed by atoms with Gasteiger partial charge in [-0.3, -0.25) is 9.48 Å². The number of nitrogens with two attached hydrogens (primary N) is 1. The maximum Gasteiger partial charge on any atom is 0.358 e. The van der Waals surface area contributed by atoms with Gasteiger partial charge in [0.05, 0.1) is 6.61 Å². The number of aromatic nitrogens is 2. The van der Waals surface area contributed by atoms with Crippen LogP contribution in [0.3, 0.4) is 0 Å². The molecule has 15 heavy (non-hydrogen) atoms. The van der Waals surface area contributed by atoms with Crippen LogP contribution in [-0.2, 0) is 16.1 Å². The Morgan fingerprint density at radius 3 is 2.80 bits per heavy atom. The molecule has 1 aromatic rings. The molecular formula is C9H13N3O3. The molecule has 0 aromatic carbocycles. The molecule has 0 bridgehead atoms. The molecule has 0 saturated heterocycles. The zero-order chi connectivity index (χ0) is 11.4. The van der Waals surface area contributed by atoms with Gasteiger partial charge in [0.2, 0.25) is 5.91 Å². The summed E-state index contributed by atoms with van der Waals surface area (Å²) >= 11 is 0. The minimum atomic E-state index is -0.503. The van der Waals surface area contributed by atoms with Gasteiger partial charge in [0.1, 0.15) is 6.54 Å². The number of aryl methyl sites for hydroxylation is 1. The third-order valence-electron chi connectivity index (χ3n) is 1.77. The molecule has 0 aliphatic rings. The summed E-state index contributed by atoms with van der Waals surface area (Å²) in [4.78, 5) is 22.0. The molecule has 0 unspecified atom stereocenters. The smallest absolute Gasteiger partial charge is 0.358 e. The Morgan fingerprint density at radius 1 is 1.60 bits per heavy atom. The Morgan fingerprint density at radius 2 is 2.27 bits per heavy atom. The second kappa shape index (κ2) is 4.59. The number of nitrogens with zero attached hydrogens (tertiary/aromatic N) is 2. The van der Waals surface area contributed by atoms with Crippen molar-refractivity contribution < 1.29 is 14.3 Å². The van der Waals surface area contributed by atoms with E-state index in [4.69, 9.17) is 10.5 Å². The van der Waals surface area contributed by atoms with Crippen LogP contribution >= 0.6 is 0 Å². The third-order valence-corrected chi connectivity index (χ3v) is 1.77. The predicted molar refractivity (Wildman–Crippen MR) is 52.1 cm³/mol. The lowest BCUT2D eigenvalue weighted by Gasteiger charge is -1.99. The molecule has 0 aliphatic heterocycles. The maximum atomic E-state index is 11.3. The highest BCUT2D eigenvalue weighted by Gasteiger charge is 2.13. The van der Waals surface area contributed by atoms with E-state index in [1.54, 1.807) is 19.9 Å². The van der Waals surface area contributed by atoms with Crippen LogP contribution in [-0.4, -0.2) is 28.3 Å². The number of hydrogen-bond acceptors (Lipinski definition) is 4. The molecule has 6 nitrogen and oxygen atoms in total. The monoisotopic (exact) mass is 211 g/mol. The lowest BCUT2D eigenvalue weighted by atomic mass is 10.4. The van der Waals surface area contributed by atoms with E-state index in [1.165, 1.54) is 4.68 Å². The fraction of sp³-hybridized carbons (Fsp3) is 0.444. The SMILES string of the molecule is CCOC(=O)c1cc(C)n(CC(N)=O)n1. The molecule has 0 radical (unpaired) electrons. The van der Waals surface area contributed by atoms with Crippen LogP contribution in [0.4, 0.5) is 0 Å². The Labute approximate surface area is 87.0 Å². The van der Waals surface area contributed by atoms with E-state index in [0.717, 1.165) is 0 Å². The lowest BCUT2D eigenvalue weighted by Crippen LogP contribution is -2.20. The van der Waals surface area contributed by atoms with Crippen LogP contribution in [0.15, 0.2) is 6.07 Å². The largest absolute Gasteiger partial charge is 0.461 e. The van der Waals surface area contributed by atoms with Gasteiger partial charge in [-0.2, -0.15) is 5.10 Å². The van der Waals surface area contributed by atoms with Crippen molar-refractivity contribution >= 4 is 11.9 Å². The molecule has 1 heterocycles. The number of esters is 1. The van der Waals surface area contributed by atoms with Gasteiger partial charge >= 0.3 is 5.97 Å². The van der Waals surface area contributed by atoms with Crippen molar-refractivity contribution in [1.82, 2.24) is 9.78 Å². The van der Waals surface area contributed by atoms with E-state index >= 15 is 0 Å².